The van der Waals surface area contributed by atoms with Gasteiger partial charge >= 0.3 is 5.97 Å². The molecule has 0 heterocycles. The van der Waals surface area contributed by atoms with Crippen LogP contribution in [-0.4, -0.2) is 35.0 Å². The van der Waals surface area contributed by atoms with E-state index in [1.807, 2.05) is 0 Å². The smallest absolute Gasteiger partial charge is 0.326 e. The van der Waals surface area contributed by atoms with E-state index in [4.69, 9.17) is 5.11 Å². The molecule has 0 aliphatic heterocycles. The number of likely N-dealkylation sites (N-methyl/N-ethyl adjacent to an activating group) is 1. The fourth-order valence-electron chi connectivity index (χ4n) is 1.25. The molecule has 1 unspecified atom stereocenters. The molecule has 1 amide bonds. The van der Waals surface area contributed by atoms with Crippen LogP contribution < -0.4 is 0 Å². The van der Waals surface area contributed by atoms with E-state index in [0.717, 1.165) is 11.0 Å². The number of carboxylic acids is 1. The van der Waals surface area contributed by atoms with Crippen LogP contribution in [0.25, 0.3) is 6.08 Å². The van der Waals surface area contributed by atoms with Crippen molar-refractivity contribution in [3.05, 3.63) is 41.7 Å². The molecule has 0 aromatic heterocycles. The second kappa shape index (κ2) is 5.95. The lowest BCUT2D eigenvalue weighted by Gasteiger charge is -2.19. The number of carbonyl (C=O) groups excluding carboxylic acids is 1. The van der Waals surface area contributed by atoms with Gasteiger partial charge < -0.3 is 10.0 Å². The van der Waals surface area contributed by atoms with Crippen molar-refractivity contribution in [3.63, 3.8) is 0 Å². The van der Waals surface area contributed by atoms with Gasteiger partial charge in [-0.3, -0.25) is 4.79 Å². The maximum Gasteiger partial charge on any atom is 0.326 e. The Kier molecular flexibility index (Phi) is 4.59. The lowest BCUT2D eigenvalue weighted by molar-refractivity contribution is -0.146. The van der Waals surface area contributed by atoms with E-state index in [0.29, 0.717) is 0 Å². The van der Waals surface area contributed by atoms with E-state index in [9.17, 15) is 14.0 Å². The zero-order chi connectivity index (χ0) is 13.7. The summed E-state index contributed by atoms with van der Waals surface area (Å²) in [6.07, 6.45) is 2.47. The molecule has 0 saturated heterocycles. The molecule has 0 saturated carbocycles. The molecule has 1 N–H and O–H groups in total. The van der Waals surface area contributed by atoms with Gasteiger partial charge in [0.05, 0.1) is 0 Å². The number of halogens is 1. The fraction of sp³-hybridized carbons (Fsp3) is 0.231. The molecule has 1 rings (SSSR count). The number of carboxylic acid groups (broad SMARTS) is 1. The normalized spacial score (nSPS) is 12.4. The topological polar surface area (TPSA) is 57.6 Å². The van der Waals surface area contributed by atoms with Crippen molar-refractivity contribution >= 4 is 18.0 Å². The minimum Gasteiger partial charge on any atom is -0.480 e. The zero-order valence-corrected chi connectivity index (χ0v) is 10.1. The summed E-state index contributed by atoms with van der Waals surface area (Å²) in [7, 11) is 1.38. The summed E-state index contributed by atoms with van der Waals surface area (Å²) in [6.45, 7) is 1.40. The van der Waals surface area contributed by atoms with Crippen molar-refractivity contribution in [2.24, 2.45) is 0 Å². The fourth-order valence-corrected chi connectivity index (χ4v) is 1.25. The molecule has 1 aromatic carbocycles. The summed E-state index contributed by atoms with van der Waals surface area (Å²) < 4.78 is 13.3. The summed E-state index contributed by atoms with van der Waals surface area (Å²) in [5.74, 6) is -2.02. The van der Waals surface area contributed by atoms with Crippen LogP contribution in [0.4, 0.5) is 4.39 Å². The molecule has 18 heavy (non-hydrogen) atoms. The maximum absolute atomic E-state index is 13.3. The summed E-state index contributed by atoms with van der Waals surface area (Å²) in [4.78, 5) is 23.4. The zero-order valence-electron chi connectivity index (χ0n) is 10.1. The minimum atomic E-state index is -1.09. The van der Waals surface area contributed by atoms with E-state index in [1.165, 1.54) is 32.2 Å². The Hall–Kier alpha value is -2.17. The van der Waals surface area contributed by atoms with E-state index < -0.39 is 23.7 Å². The largest absolute Gasteiger partial charge is 0.480 e. The summed E-state index contributed by atoms with van der Waals surface area (Å²) in [5.41, 5.74) is 0.280. The Balaban J connectivity index is 2.76. The maximum atomic E-state index is 13.3. The van der Waals surface area contributed by atoms with Gasteiger partial charge in [-0.25, -0.2) is 9.18 Å². The summed E-state index contributed by atoms with van der Waals surface area (Å²) >= 11 is 0. The van der Waals surface area contributed by atoms with E-state index in [1.54, 1.807) is 12.1 Å². The monoisotopic (exact) mass is 251 g/mol. The first-order valence-electron chi connectivity index (χ1n) is 5.35. The van der Waals surface area contributed by atoms with Crippen LogP contribution in [0.15, 0.2) is 30.3 Å². The second-order valence-electron chi connectivity index (χ2n) is 3.82. The van der Waals surface area contributed by atoms with Gasteiger partial charge in [-0.2, -0.15) is 0 Å². The highest BCUT2D eigenvalue weighted by Crippen LogP contribution is 2.08. The number of nitrogens with zero attached hydrogens (tertiary/aromatic N) is 1. The lowest BCUT2D eigenvalue weighted by atomic mass is 10.2. The van der Waals surface area contributed by atoms with Gasteiger partial charge in [0.2, 0.25) is 5.91 Å². The Bertz CT molecular complexity index is 485. The molecule has 0 radical (unpaired) electrons. The average Bonchev–Trinajstić information content (AvgIpc) is 2.35. The van der Waals surface area contributed by atoms with Crippen molar-refractivity contribution in [1.29, 1.82) is 0 Å². The van der Waals surface area contributed by atoms with Gasteiger partial charge in [0.1, 0.15) is 11.9 Å². The number of aliphatic carboxylic acids is 1. The van der Waals surface area contributed by atoms with Gasteiger partial charge in [0.15, 0.2) is 0 Å². The van der Waals surface area contributed by atoms with Crippen molar-refractivity contribution in [2.45, 2.75) is 13.0 Å². The number of hydrogen-bond donors (Lipinski definition) is 1. The number of benzene rings is 1. The molecule has 0 aliphatic carbocycles. The molecule has 0 fully saturated rings. The van der Waals surface area contributed by atoms with Crippen molar-refractivity contribution in [3.8, 4) is 0 Å². The number of carbonyl (C=O) groups is 2. The molecule has 1 atom stereocenters. The number of rotatable bonds is 4. The van der Waals surface area contributed by atoms with Gasteiger partial charge in [0.25, 0.3) is 0 Å². The number of amides is 1. The summed E-state index contributed by atoms with van der Waals surface area (Å²) in [6, 6.07) is 5.08. The summed E-state index contributed by atoms with van der Waals surface area (Å²) in [5, 5.41) is 8.75. The molecule has 4 nitrogen and oxygen atoms in total. The molecular formula is C13H14FNO3. The van der Waals surface area contributed by atoms with Crippen molar-refractivity contribution in [1.82, 2.24) is 4.90 Å². The standard InChI is InChI=1S/C13H14FNO3/c1-9(13(17)18)15(2)12(16)8-7-10-5-3-4-6-11(10)14/h3-9H,1-2H3,(H,17,18). The van der Waals surface area contributed by atoms with Crippen LogP contribution in [0.5, 0.6) is 0 Å². The minimum absolute atomic E-state index is 0.280. The van der Waals surface area contributed by atoms with Crippen molar-refractivity contribution < 1.29 is 19.1 Å². The van der Waals surface area contributed by atoms with Gasteiger partial charge in [-0.05, 0) is 19.1 Å². The Labute approximate surface area is 104 Å². The van der Waals surface area contributed by atoms with Crippen LogP contribution in [0.1, 0.15) is 12.5 Å². The Morgan fingerprint density at radius 2 is 2.00 bits per heavy atom. The van der Waals surface area contributed by atoms with Gasteiger partial charge in [-0.15, -0.1) is 0 Å². The Morgan fingerprint density at radius 3 is 2.56 bits per heavy atom. The first kappa shape index (κ1) is 13.9. The molecule has 96 valence electrons. The van der Waals surface area contributed by atoms with Crippen LogP contribution in [0.3, 0.4) is 0 Å². The highest BCUT2D eigenvalue weighted by atomic mass is 19.1. The first-order chi connectivity index (χ1) is 8.43. The van der Waals surface area contributed by atoms with E-state index >= 15 is 0 Å². The third-order valence-corrected chi connectivity index (χ3v) is 2.60. The number of hydrogen-bond acceptors (Lipinski definition) is 2. The van der Waals surface area contributed by atoms with E-state index in [-0.39, 0.29) is 5.56 Å². The predicted octanol–water partition coefficient (Wildman–Crippen LogP) is 1.77. The first-order valence-corrected chi connectivity index (χ1v) is 5.35. The lowest BCUT2D eigenvalue weighted by Crippen LogP contribution is -2.39. The molecule has 0 spiro atoms. The van der Waals surface area contributed by atoms with E-state index in [2.05, 4.69) is 0 Å². The predicted molar refractivity (Wildman–Crippen MR) is 65.3 cm³/mol. The SMILES string of the molecule is CC(C(=O)O)N(C)C(=O)C=Cc1ccccc1F. The van der Waals surface area contributed by atoms with Crippen molar-refractivity contribution in [2.75, 3.05) is 7.05 Å². The average molecular weight is 251 g/mol. The molecular weight excluding hydrogens is 237 g/mol. The highest BCUT2D eigenvalue weighted by Gasteiger charge is 2.19. The van der Waals surface area contributed by atoms with Gasteiger partial charge in [-0.1, -0.05) is 18.2 Å². The third-order valence-electron chi connectivity index (χ3n) is 2.60. The molecule has 0 aliphatic rings. The highest BCUT2D eigenvalue weighted by molar-refractivity contribution is 5.94. The molecule has 5 heteroatoms. The molecule has 0 bridgehead atoms. The van der Waals surface area contributed by atoms with Crippen LogP contribution >= 0.6 is 0 Å². The molecule has 1 aromatic rings. The van der Waals surface area contributed by atoms with Crippen LogP contribution in [-0.2, 0) is 9.59 Å². The third kappa shape index (κ3) is 3.41. The van der Waals surface area contributed by atoms with Crippen LogP contribution in [0, 0.1) is 5.82 Å². The Morgan fingerprint density at radius 1 is 1.39 bits per heavy atom. The quantitative estimate of drug-likeness (QED) is 0.830. The second-order valence-corrected chi connectivity index (χ2v) is 3.82. The van der Waals surface area contributed by atoms with Crippen LogP contribution in [0.2, 0.25) is 0 Å². The van der Waals surface area contributed by atoms with Gasteiger partial charge in [0, 0.05) is 18.7 Å².